The molecule has 2 aromatic rings. The van der Waals surface area contributed by atoms with E-state index in [2.05, 4.69) is 4.98 Å². The molecular formula is C12H9ClFN. The zero-order chi connectivity index (χ0) is 10.8. The number of benzene rings is 1. The lowest BCUT2D eigenvalue weighted by Crippen LogP contribution is -1.89. The van der Waals surface area contributed by atoms with Gasteiger partial charge in [-0.3, -0.25) is 0 Å². The molecule has 76 valence electrons. The van der Waals surface area contributed by atoms with E-state index in [0.29, 0.717) is 10.6 Å². The second-order valence-electron chi connectivity index (χ2n) is 3.31. The zero-order valence-electron chi connectivity index (χ0n) is 8.17. The van der Waals surface area contributed by atoms with E-state index >= 15 is 0 Å². The van der Waals surface area contributed by atoms with Crippen LogP contribution in [0.5, 0.6) is 0 Å². The van der Waals surface area contributed by atoms with Crippen molar-refractivity contribution >= 4 is 11.6 Å². The first-order valence-electron chi connectivity index (χ1n) is 4.55. The van der Waals surface area contributed by atoms with Gasteiger partial charge >= 0.3 is 0 Å². The van der Waals surface area contributed by atoms with E-state index in [1.807, 2.05) is 18.2 Å². The number of nitrogens with zero attached hydrogens (tertiary/aromatic N) is 1. The molecule has 0 bridgehead atoms. The molecule has 0 spiro atoms. The molecule has 1 aromatic carbocycles. The number of halogens is 2. The molecule has 0 amide bonds. The normalized spacial score (nSPS) is 10.3. The van der Waals surface area contributed by atoms with Crippen LogP contribution < -0.4 is 0 Å². The summed E-state index contributed by atoms with van der Waals surface area (Å²) in [6.07, 6.45) is 1.49. The van der Waals surface area contributed by atoms with Crippen molar-refractivity contribution in [1.82, 2.24) is 4.98 Å². The van der Waals surface area contributed by atoms with Crippen LogP contribution in [0.2, 0.25) is 5.02 Å². The SMILES string of the molecule is Cc1cc(-c2ccccc2Cl)cnc1F. The maximum Gasteiger partial charge on any atom is 0.215 e. The van der Waals surface area contributed by atoms with Gasteiger partial charge in [0.2, 0.25) is 5.95 Å². The molecule has 0 aliphatic heterocycles. The van der Waals surface area contributed by atoms with Gasteiger partial charge in [-0.15, -0.1) is 0 Å². The third-order valence-corrected chi connectivity index (χ3v) is 2.53. The van der Waals surface area contributed by atoms with E-state index in [-0.39, 0.29) is 0 Å². The van der Waals surface area contributed by atoms with Crippen molar-refractivity contribution in [2.24, 2.45) is 0 Å². The van der Waals surface area contributed by atoms with E-state index in [4.69, 9.17) is 11.6 Å². The first-order valence-corrected chi connectivity index (χ1v) is 4.93. The van der Waals surface area contributed by atoms with Crippen molar-refractivity contribution in [2.45, 2.75) is 6.92 Å². The van der Waals surface area contributed by atoms with Crippen molar-refractivity contribution in [3.05, 3.63) is 53.1 Å². The van der Waals surface area contributed by atoms with Crippen LogP contribution >= 0.6 is 11.6 Å². The fourth-order valence-corrected chi connectivity index (χ4v) is 1.65. The number of pyridine rings is 1. The zero-order valence-corrected chi connectivity index (χ0v) is 8.92. The van der Waals surface area contributed by atoms with E-state index in [1.54, 1.807) is 19.1 Å². The minimum absolute atomic E-state index is 0.439. The molecule has 0 aliphatic carbocycles. The first-order chi connectivity index (χ1) is 7.18. The average Bonchev–Trinajstić information content (AvgIpc) is 2.23. The van der Waals surface area contributed by atoms with Gasteiger partial charge in [0, 0.05) is 27.9 Å². The summed E-state index contributed by atoms with van der Waals surface area (Å²) in [7, 11) is 0. The molecule has 1 heterocycles. The Morgan fingerprint density at radius 3 is 2.67 bits per heavy atom. The molecule has 0 unspecified atom stereocenters. The van der Waals surface area contributed by atoms with Gasteiger partial charge in [-0.2, -0.15) is 4.39 Å². The molecule has 0 atom stereocenters. The summed E-state index contributed by atoms with van der Waals surface area (Å²) in [6.45, 7) is 1.68. The van der Waals surface area contributed by atoms with Crippen molar-refractivity contribution in [3.63, 3.8) is 0 Å². The summed E-state index contributed by atoms with van der Waals surface area (Å²) in [4.78, 5) is 3.67. The van der Waals surface area contributed by atoms with Crippen LogP contribution in [0.25, 0.3) is 11.1 Å². The highest BCUT2D eigenvalue weighted by Gasteiger charge is 2.05. The van der Waals surface area contributed by atoms with E-state index in [0.717, 1.165) is 11.1 Å². The van der Waals surface area contributed by atoms with Gasteiger partial charge in [0.1, 0.15) is 0 Å². The lowest BCUT2D eigenvalue weighted by Gasteiger charge is -2.04. The predicted molar refractivity (Wildman–Crippen MR) is 59.4 cm³/mol. The fourth-order valence-electron chi connectivity index (χ4n) is 1.40. The maximum atomic E-state index is 13.0. The van der Waals surface area contributed by atoms with Gasteiger partial charge in [-0.05, 0) is 19.1 Å². The predicted octanol–water partition coefficient (Wildman–Crippen LogP) is 3.85. The Bertz CT molecular complexity index is 497. The lowest BCUT2D eigenvalue weighted by molar-refractivity contribution is 0.575. The fraction of sp³-hybridized carbons (Fsp3) is 0.0833. The van der Waals surface area contributed by atoms with Crippen molar-refractivity contribution in [2.75, 3.05) is 0 Å². The third kappa shape index (κ3) is 2.00. The molecule has 2 rings (SSSR count). The smallest absolute Gasteiger partial charge is 0.215 e. The van der Waals surface area contributed by atoms with Crippen LogP contribution in [-0.2, 0) is 0 Å². The van der Waals surface area contributed by atoms with E-state index in [9.17, 15) is 4.39 Å². The van der Waals surface area contributed by atoms with E-state index < -0.39 is 5.95 Å². The maximum absolute atomic E-state index is 13.0. The molecule has 0 saturated heterocycles. The highest BCUT2D eigenvalue weighted by atomic mass is 35.5. The third-order valence-electron chi connectivity index (χ3n) is 2.20. The average molecular weight is 222 g/mol. The van der Waals surface area contributed by atoms with Crippen molar-refractivity contribution < 1.29 is 4.39 Å². The molecule has 0 radical (unpaired) electrons. The molecule has 0 saturated carbocycles. The highest BCUT2D eigenvalue weighted by Crippen LogP contribution is 2.27. The summed E-state index contributed by atoms with van der Waals surface area (Å²) in [6, 6.07) is 9.17. The standard InChI is InChI=1S/C12H9ClFN/c1-8-6-9(7-15-12(8)14)10-4-2-3-5-11(10)13/h2-7H,1H3. The molecule has 1 aromatic heterocycles. The molecule has 3 heteroatoms. The van der Waals surface area contributed by atoms with Crippen LogP contribution in [0.3, 0.4) is 0 Å². The second-order valence-corrected chi connectivity index (χ2v) is 3.72. The largest absolute Gasteiger partial charge is 0.227 e. The Balaban J connectivity index is 2.55. The summed E-state index contributed by atoms with van der Waals surface area (Å²) in [5, 5.41) is 0.644. The molecule has 1 nitrogen and oxygen atoms in total. The minimum Gasteiger partial charge on any atom is -0.227 e. The minimum atomic E-state index is -0.439. The topological polar surface area (TPSA) is 12.9 Å². The summed E-state index contributed by atoms with van der Waals surface area (Å²) >= 11 is 6.03. The van der Waals surface area contributed by atoms with Crippen molar-refractivity contribution in [3.8, 4) is 11.1 Å². The number of hydrogen-bond donors (Lipinski definition) is 0. The number of aromatic nitrogens is 1. The molecular weight excluding hydrogens is 213 g/mol. The summed E-state index contributed by atoms with van der Waals surface area (Å²) < 4.78 is 13.0. The van der Waals surface area contributed by atoms with E-state index in [1.165, 1.54) is 6.20 Å². The van der Waals surface area contributed by atoms with Crippen LogP contribution in [0.15, 0.2) is 36.5 Å². The number of hydrogen-bond acceptors (Lipinski definition) is 1. The quantitative estimate of drug-likeness (QED) is 0.667. The van der Waals surface area contributed by atoms with Crippen LogP contribution in [0.4, 0.5) is 4.39 Å². The molecule has 0 N–H and O–H groups in total. The number of rotatable bonds is 1. The van der Waals surface area contributed by atoms with Crippen LogP contribution in [-0.4, -0.2) is 4.98 Å². The Morgan fingerprint density at radius 2 is 2.00 bits per heavy atom. The van der Waals surface area contributed by atoms with Gasteiger partial charge < -0.3 is 0 Å². The summed E-state index contributed by atoms with van der Waals surface area (Å²) in [5.41, 5.74) is 2.22. The second kappa shape index (κ2) is 3.99. The molecule has 0 fully saturated rings. The van der Waals surface area contributed by atoms with Crippen molar-refractivity contribution in [1.29, 1.82) is 0 Å². The van der Waals surface area contributed by atoms with Crippen LogP contribution in [0.1, 0.15) is 5.56 Å². The van der Waals surface area contributed by atoms with Gasteiger partial charge in [-0.1, -0.05) is 29.8 Å². The monoisotopic (exact) mass is 221 g/mol. The Labute approximate surface area is 92.5 Å². The lowest BCUT2D eigenvalue weighted by atomic mass is 10.1. The number of aryl methyl sites for hydroxylation is 1. The van der Waals surface area contributed by atoms with Gasteiger partial charge in [-0.25, -0.2) is 4.98 Å². The van der Waals surface area contributed by atoms with Gasteiger partial charge in [0.15, 0.2) is 0 Å². The Kier molecular flexibility index (Phi) is 2.69. The van der Waals surface area contributed by atoms with Gasteiger partial charge in [0.05, 0.1) is 0 Å². The van der Waals surface area contributed by atoms with Gasteiger partial charge in [0.25, 0.3) is 0 Å². The first kappa shape index (κ1) is 10.1. The summed E-state index contributed by atoms with van der Waals surface area (Å²) in [5.74, 6) is -0.439. The highest BCUT2D eigenvalue weighted by molar-refractivity contribution is 6.33. The molecule has 0 aliphatic rings. The Hall–Kier alpha value is -1.41. The Morgan fingerprint density at radius 1 is 1.27 bits per heavy atom. The van der Waals surface area contributed by atoms with Crippen LogP contribution in [0, 0.1) is 12.9 Å². The molecule has 15 heavy (non-hydrogen) atoms.